The Labute approximate surface area is 124 Å². The van der Waals surface area contributed by atoms with Crippen LogP contribution in [0, 0.1) is 11.3 Å². The van der Waals surface area contributed by atoms with Crippen molar-refractivity contribution >= 4 is 5.91 Å². The molecule has 0 aromatic heterocycles. The summed E-state index contributed by atoms with van der Waals surface area (Å²) in [6, 6.07) is 16.0. The molecule has 0 saturated carbocycles. The zero-order valence-electron chi connectivity index (χ0n) is 12.0. The van der Waals surface area contributed by atoms with Crippen LogP contribution in [0.1, 0.15) is 34.5 Å². The van der Waals surface area contributed by atoms with Crippen LogP contribution in [0.3, 0.4) is 0 Å². The quantitative estimate of drug-likeness (QED) is 0.936. The minimum Gasteiger partial charge on any atom is -0.497 e. The lowest BCUT2D eigenvalue weighted by Gasteiger charge is -2.15. The number of nitrogens with one attached hydrogen (secondary N) is 1. The minimum atomic E-state index is -0.164. The molecule has 1 N–H and O–H groups in total. The zero-order valence-corrected chi connectivity index (χ0v) is 12.0. The average molecular weight is 280 g/mol. The van der Waals surface area contributed by atoms with Gasteiger partial charge in [0.05, 0.1) is 24.8 Å². The van der Waals surface area contributed by atoms with E-state index in [1.165, 1.54) is 0 Å². The molecule has 0 fully saturated rings. The van der Waals surface area contributed by atoms with Crippen LogP contribution in [0.5, 0.6) is 5.75 Å². The largest absolute Gasteiger partial charge is 0.497 e. The maximum atomic E-state index is 12.1. The summed E-state index contributed by atoms with van der Waals surface area (Å²) in [5, 5.41) is 11.7. The molecular formula is C17H16N2O2. The van der Waals surface area contributed by atoms with Gasteiger partial charge in [-0.1, -0.05) is 12.1 Å². The Morgan fingerprint density at radius 3 is 2.29 bits per heavy atom. The number of methoxy groups -OCH3 is 1. The third kappa shape index (κ3) is 3.61. The predicted molar refractivity (Wildman–Crippen MR) is 80.0 cm³/mol. The third-order valence-electron chi connectivity index (χ3n) is 3.24. The summed E-state index contributed by atoms with van der Waals surface area (Å²) >= 11 is 0. The Bertz CT molecular complexity index is 655. The molecule has 0 spiro atoms. The van der Waals surface area contributed by atoms with Crippen LogP contribution in [-0.4, -0.2) is 13.0 Å². The average Bonchev–Trinajstić information content (AvgIpc) is 2.55. The van der Waals surface area contributed by atoms with E-state index < -0.39 is 0 Å². The number of nitriles is 1. The van der Waals surface area contributed by atoms with Crippen LogP contribution in [0.4, 0.5) is 0 Å². The lowest BCUT2D eigenvalue weighted by molar-refractivity contribution is 0.0940. The number of ether oxygens (including phenoxy) is 1. The molecule has 1 unspecified atom stereocenters. The Hall–Kier alpha value is -2.80. The van der Waals surface area contributed by atoms with Gasteiger partial charge in [0.25, 0.3) is 5.91 Å². The van der Waals surface area contributed by atoms with Crippen molar-refractivity contribution in [2.45, 2.75) is 13.0 Å². The first-order valence-corrected chi connectivity index (χ1v) is 6.59. The first-order chi connectivity index (χ1) is 10.1. The first kappa shape index (κ1) is 14.6. The molecule has 4 heteroatoms. The monoisotopic (exact) mass is 280 g/mol. The second-order valence-corrected chi connectivity index (χ2v) is 4.66. The summed E-state index contributed by atoms with van der Waals surface area (Å²) in [4.78, 5) is 12.1. The Kier molecular flexibility index (Phi) is 4.57. The van der Waals surface area contributed by atoms with E-state index in [0.29, 0.717) is 11.1 Å². The van der Waals surface area contributed by atoms with Gasteiger partial charge in [-0.3, -0.25) is 4.79 Å². The number of amides is 1. The fourth-order valence-electron chi connectivity index (χ4n) is 1.95. The van der Waals surface area contributed by atoms with Crippen molar-refractivity contribution < 1.29 is 9.53 Å². The molecular weight excluding hydrogens is 264 g/mol. The van der Waals surface area contributed by atoms with Gasteiger partial charge in [0.15, 0.2) is 0 Å². The molecule has 0 aliphatic heterocycles. The second kappa shape index (κ2) is 6.58. The second-order valence-electron chi connectivity index (χ2n) is 4.66. The lowest BCUT2D eigenvalue weighted by Crippen LogP contribution is -2.26. The van der Waals surface area contributed by atoms with Crippen molar-refractivity contribution in [3.8, 4) is 11.8 Å². The molecule has 4 nitrogen and oxygen atoms in total. The van der Waals surface area contributed by atoms with Crippen molar-refractivity contribution in [1.29, 1.82) is 5.26 Å². The number of carbonyl (C=O) groups is 1. The molecule has 106 valence electrons. The van der Waals surface area contributed by atoms with Crippen LogP contribution in [0.15, 0.2) is 48.5 Å². The molecule has 1 amide bonds. The molecule has 21 heavy (non-hydrogen) atoms. The number of hydrogen-bond donors (Lipinski definition) is 1. The van der Waals surface area contributed by atoms with Crippen LogP contribution in [0.2, 0.25) is 0 Å². The van der Waals surface area contributed by atoms with Crippen molar-refractivity contribution in [3.05, 3.63) is 65.2 Å². The van der Waals surface area contributed by atoms with E-state index in [4.69, 9.17) is 10.00 Å². The van der Waals surface area contributed by atoms with E-state index >= 15 is 0 Å². The van der Waals surface area contributed by atoms with Gasteiger partial charge in [0.1, 0.15) is 5.75 Å². The topological polar surface area (TPSA) is 62.1 Å². The van der Waals surface area contributed by atoms with Gasteiger partial charge in [-0.2, -0.15) is 5.26 Å². The highest BCUT2D eigenvalue weighted by Crippen LogP contribution is 2.17. The minimum absolute atomic E-state index is 0.112. The van der Waals surface area contributed by atoms with E-state index in [0.717, 1.165) is 11.3 Å². The van der Waals surface area contributed by atoms with Gasteiger partial charge in [-0.05, 0) is 48.9 Å². The number of rotatable bonds is 4. The summed E-state index contributed by atoms with van der Waals surface area (Å²) in [5.74, 6) is 0.618. The standard InChI is InChI=1S/C17H16N2O2/c1-12(14-7-9-16(21-2)10-8-14)19-17(20)15-5-3-13(11-18)4-6-15/h3-10,12H,1-2H3,(H,19,20). The van der Waals surface area contributed by atoms with Crippen LogP contribution in [0.25, 0.3) is 0 Å². The molecule has 0 saturated heterocycles. The van der Waals surface area contributed by atoms with E-state index in [2.05, 4.69) is 5.32 Å². The Morgan fingerprint density at radius 2 is 1.76 bits per heavy atom. The van der Waals surface area contributed by atoms with Gasteiger partial charge in [0.2, 0.25) is 0 Å². The molecule has 2 aromatic carbocycles. The molecule has 0 radical (unpaired) electrons. The molecule has 2 rings (SSSR count). The first-order valence-electron chi connectivity index (χ1n) is 6.59. The molecule has 0 heterocycles. The van der Waals surface area contributed by atoms with Crippen molar-refractivity contribution in [1.82, 2.24) is 5.32 Å². The number of carbonyl (C=O) groups excluding carboxylic acids is 1. The number of hydrogen-bond acceptors (Lipinski definition) is 3. The molecule has 0 aliphatic carbocycles. The maximum Gasteiger partial charge on any atom is 0.251 e. The summed E-state index contributed by atoms with van der Waals surface area (Å²) in [6.07, 6.45) is 0. The Balaban J connectivity index is 2.05. The molecule has 2 aromatic rings. The lowest BCUT2D eigenvalue weighted by atomic mass is 10.1. The summed E-state index contributed by atoms with van der Waals surface area (Å²) in [7, 11) is 1.62. The van der Waals surface area contributed by atoms with Gasteiger partial charge >= 0.3 is 0 Å². The fourth-order valence-corrected chi connectivity index (χ4v) is 1.95. The third-order valence-corrected chi connectivity index (χ3v) is 3.24. The van der Waals surface area contributed by atoms with Crippen molar-refractivity contribution in [2.24, 2.45) is 0 Å². The van der Waals surface area contributed by atoms with Crippen molar-refractivity contribution in [3.63, 3.8) is 0 Å². The zero-order chi connectivity index (χ0) is 15.2. The summed E-state index contributed by atoms with van der Waals surface area (Å²) < 4.78 is 5.11. The highest BCUT2D eigenvalue weighted by atomic mass is 16.5. The molecule has 0 aliphatic rings. The van der Waals surface area contributed by atoms with Crippen LogP contribution < -0.4 is 10.1 Å². The SMILES string of the molecule is COc1ccc(C(C)NC(=O)c2ccc(C#N)cc2)cc1. The Morgan fingerprint density at radius 1 is 1.14 bits per heavy atom. The number of benzene rings is 2. The molecule has 1 atom stereocenters. The maximum absolute atomic E-state index is 12.1. The molecule has 0 bridgehead atoms. The normalized spacial score (nSPS) is 11.3. The smallest absolute Gasteiger partial charge is 0.251 e. The van der Waals surface area contributed by atoms with Gasteiger partial charge < -0.3 is 10.1 Å². The fraction of sp³-hybridized carbons (Fsp3) is 0.176. The van der Waals surface area contributed by atoms with Gasteiger partial charge in [-0.25, -0.2) is 0 Å². The van der Waals surface area contributed by atoms with Gasteiger partial charge in [-0.15, -0.1) is 0 Å². The van der Waals surface area contributed by atoms with E-state index in [9.17, 15) is 4.79 Å². The van der Waals surface area contributed by atoms with E-state index in [-0.39, 0.29) is 11.9 Å². The number of nitrogens with zero attached hydrogens (tertiary/aromatic N) is 1. The van der Waals surface area contributed by atoms with Gasteiger partial charge in [0, 0.05) is 5.56 Å². The van der Waals surface area contributed by atoms with E-state index in [1.54, 1.807) is 31.4 Å². The summed E-state index contributed by atoms with van der Waals surface area (Å²) in [5.41, 5.74) is 2.07. The summed E-state index contributed by atoms with van der Waals surface area (Å²) in [6.45, 7) is 1.92. The van der Waals surface area contributed by atoms with Crippen molar-refractivity contribution in [2.75, 3.05) is 7.11 Å². The van der Waals surface area contributed by atoms with E-state index in [1.807, 2.05) is 37.3 Å². The predicted octanol–water partition coefficient (Wildman–Crippen LogP) is 3.06. The highest BCUT2D eigenvalue weighted by molar-refractivity contribution is 5.94. The van der Waals surface area contributed by atoms with Crippen LogP contribution >= 0.6 is 0 Å². The highest BCUT2D eigenvalue weighted by Gasteiger charge is 2.11. The van der Waals surface area contributed by atoms with Crippen LogP contribution in [-0.2, 0) is 0 Å².